The zero-order valence-electron chi connectivity index (χ0n) is 22.8. The van der Waals surface area contributed by atoms with Gasteiger partial charge in [0.25, 0.3) is 0 Å². The van der Waals surface area contributed by atoms with E-state index in [1.807, 2.05) is 30.4 Å². The lowest BCUT2D eigenvalue weighted by Gasteiger charge is -2.40. The summed E-state index contributed by atoms with van der Waals surface area (Å²) in [6.45, 7) is 7.49. The minimum Gasteiger partial charge on any atom is -0.484 e. The molecule has 0 radical (unpaired) electrons. The van der Waals surface area contributed by atoms with Crippen molar-refractivity contribution >= 4 is 23.6 Å². The maximum atomic E-state index is 15.6. The fourth-order valence-corrected chi connectivity index (χ4v) is 6.47. The molecule has 1 atom stereocenters. The number of amides is 2. The van der Waals surface area contributed by atoms with Crippen LogP contribution >= 0.6 is 11.6 Å². The first-order chi connectivity index (χ1) is 18.5. The molecular formula is C28H35ClFN5O4. The Hall–Kier alpha value is -2.88. The normalized spacial score (nSPS) is 21.7. The quantitative estimate of drug-likeness (QED) is 0.521. The summed E-state index contributed by atoms with van der Waals surface area (Å²) in [5.41, 5.74) is 2.26. The molecule has 39 heavy (non-hydrogen) atoms. The number of aromatic nitrogens is 3. The van der Waals surface area contributed by atoms with Gasteiger partial charge < -0.3 is 14.4 Å². The van der Waals surface area contributed by atoms with Crippen LogP contribution in [0.1, 0.15) is 81.4 Å². The van der Waals surface area contributed by atoms with Gasteiger partial charge in [-0.2, -0.15) is 0 Å². The smallest absolute Gasteiger partial charge is 0.410 e. The van der Waals surface area contributed by atoms with Gasteiger partial charge in [0.05, 0.1) is 11.7 Å². The first-order valence-corrected chi connectivity index (χ1v) is 14.2. The molecule has 1 saturated carbocycles. The van der Waals surface area contributed by atoms with Crippen LogP contribution in [0, 0.1) is 11.2 Å². The summed E-state index contributed by atoms with van der Waals surface area (Å²) < 4.78 is 29.4. The third-order valence-corrected chi connectivity index (χ3v) is 8.67. The van der Waals surface area contributed by atoms with E-state index in [-0.39, 0.29) is 35.2 Å². The molecule has 0 bridgehead atoms. The Kier molecular flexibility index (Phi) is 6.51. The molecule has 9 nitrogen and oxygen atoms in total. The topological polar surface area (TPSA) is 89.8 Å². The third kappa shape index (κ3) is 5.08. The predicted octanol–water partition coefficient (Wildman–Crippen LogP) is 4.83. The zero-order valence-corrected chi connectivity index (χ0v) is 23.5. The summed E-state index contributed by atoms with van der Waals surface area (Å²) in [6, 6.07) is 0.607. The van der Waals surface area contributed by atoms with Gasteiger partial charge in [-0.3, -0.25) is 9.69 Å². The molecule has 1 spiro atoms. The molecule has 0 unspecified atom stereocenters. The van der Waals surface area contributed by atoms with Crippen LogP contribution in [0.2, 0.25) is 5.02 Å². The molecule has 210 valence electrons. The van der Waals surface area contributed by atoms with Crippen LogP contribution in [0.4, 0.5) is 9.18 Å². The van der Waals surface area contributed by atoms with E-state index in [0.29, 0.717) is 37.2 Å². The number of halogens is 2. The molecule has 2 fully saturated rings. The SMILES string of the molecule is CC(C)(C)OC(=O)N1CCc2c(Cl)cc(F)c(OCc3nnn4c3CCCC4)c2[C@H]1CN1CC2(CC2)CC1=O. The lowest BCUT2D eigenvalue weighted by atomic mass is 9.91. The second-order valence-corrected chi connectivity index (χ2v) is 12.8. The zero-order chi connectivity index (χ0) is 27.5. The molecule has 2 amide bonds. The average Bonchev–Trinajstić information content (AvgIpc) is 3.37. The first-order valence-electron chi connectivity index (χ1n) is 13.9. The highest BCUT2D eigenvalue weighted by Crippen LogP contribution is 2.54. The second-order valence-electron chi connectivity index (χ2n) is 12.4. The predicted molar refractivity (Wildman–Crippen MR) is 141 cm³/mol. The van der Waals surface area contributed by atoms with Gasteiger partial charge in [0.2, 0.25) is 5.91 Å². The van der Waals surface area contributed by atoms with E-state index in [0.717, 1.165) is 49.9 Å². The minimum absolute atomic E-state index is 0.0398. The number of hydrogen-bond donors (Lipinski definition) is 0. The number of carbonyl (C=O) groups excluding carboxylic acids is 2. The Morgan fingerprint density at radius 2 is 2.03 bits per heavy atom. The van der Waals surface area contributed by atoms with Crippen LogP contribution in [-0.2, 0) is 35.5 Å². The summed E-state index contributed by atoms with van der Waals surface area (Å²) >= 11 is 6.58. The highest BCUT2D eigenvalue weighted by Gasteiger charge is 2.52. The maximum Gasteiger partial charge on any atom is 0.410 e. The van der Waals surface area contributed by atoms with Gasteiger partial charge in [-0.1, -0.05) is 16.8 Å². The maximum absolute atomic E-state index is 15.6. The standard InChI is InChI=1S/C28H35ClFN5O4/c1-27(2,3)39-26(37)34-11-7-17-18(29)12-19(30)25(38-15-20-21-6-4-5-10-35(21)32-31-20)24(17)22(34)14-33-16-28(8-9-28)13-23(33)36/h12,22H,4-11,13-16H2,1-3H3/t22-/m1/s1. The third-order valence-electron chi connectivity index (χ3n) is 8.33. The van der Waals surface area contributed by atoms with E-state index in [2.05, 4.69) is 10.3 Å². The van der Waals surface area contributed by atoms with Gasteiger partial charge in [0, 0.05) is 43.2 Å². The number of aryl methyl sites for hydroxylation is 1. The van der Waals surface area contributed by atoms with Crippen molar-refractivity contribution in [2.75, 3.05) is 19.6 Å². The molecule has 0 N–H and O–H groups in total. The molecule has 1 aliphatic carbocycles. The monoisotopic (exact) mass is 559 g/mol. The summed E-state index contributed by atoms with van der Waals surface area (Å²) in [5.74, 6) is -0.510. The number of nitrogens with zero attached hydrogens (tertiary/aromatic N) is 5. The van der Waals surface area contributed by atoms with E-state index in [4.69, 9.17) is 21.1 Å². The second kappa shape index (κ2) is 9.64. The van der Waals surface area contributed by atoms with Crippen LogP contribution in [-0.4, -0.2) is 62.0 Å². The van der Waals surface area contributed by atoms with Crippen LogP contribution < -0.4 is 4.74 Å². The van der Waals surface area contributed by atoms with Crippen molar-refractivity contribution in [2.24, 2.45) is 5.41 Å². The lowest BCUT2D eigenvalue weighted by Crippen LogP contribution is -2.47. The van der Waals surface area contributed by atoms with Crippen molar-refractivity contribution in [3.8, 4) is 5.75 Å². The number of ether oxygens (including phenoxy) is 2. The van der Waals surface area contributed by atoms with Crippen LogP contribution in [0.15, 0.2) is 6.07 Å². The van der Waals surface area contributed by atoms with Gasteiger partial charge in [-0.05, 0) is 76.3 Å². The molecule has 11 heteroatoms. The summed E-state index contributed by atoms with van der Waals surface area (Å²) in [7, 11) is 0. The van der Waals surface area contributed by atoms with Crippen LogP contribution in [0.3, 0.4) is 0 Å². The number of carbonyl (C=O) groups is 2. The number of likely N-dealkylation sites (tertiary alicyclic amines) is 1. The first kappa shape index (κ1) is 26.3. The van der Waals surface area contributed by atoms with Crippen molar-refractivity contribution in [1.29, 1.82) is 0 Å². The Morgan fingerprint density at radius 1 is 1.23 bits per heavy atom. The van der Waals surface area contributed by atoms with E-state index >= 15 is 4.39 Å². The number of benzene rings is 1. The van der Waals surface area contributed by atoms with Gasteiger partial charge in [-0.25, -0.2) is 13.9 Å². The largest absolute Gasteiger partial charge is 0.484 e. The molecule has 1 saturated heterocycles. The van der Waals surface area contributed by atoms with Gasteiger partial charge in [0.1, 0.15) is 17.9 Å². The average molecular weight is 560 g/mol. The molecule has 1 aromatic carbocycles. The summed E-state index contributed by atoms with van der Waals surface area (Å²) in [4.78, 5) is 29.8. The van der Waals surface area contributed by atoms with Crippen LogP contribution in [0.25, 0.3) is 0 Å². The number of hydrogen-bond acceptors (Lipinski definition) is 6. The Labute approximate surface area is 232 Å². The van der Waals surface area contributed by atoms with Gasteiger partial charge >= 0.3 is 6.09 Å². The van der Waals surface area contributed by atoms with E-state index < -0.39 is 23.6 Å². The van der Waals surface area contributed by atoms with Crippen molar-refractivity contribution in [2.45, 2.75) is 90.5 Å². The molecule has 2 aromatic rings. The van der Waals surface area contributed by atoms with Crippen molar-refractivity contribution in [3.63, 3.8) is 0 Å². The van der Waals surface area contributed by atoms with Crippen LogP contribution in [0.5, 0.6) is 5.75 Å². The van der Waals surface area contributed by atoms with Crippen molar-refractivity contribution < 1.29 is 23.5 Å². The van der Waals surface area contributed by atoms with Crippen molar-refractivity contribution in [1.82, 2.24) is 24.8 Å². The molecule has 3 aliphatic heterocycles. The van der Waals surface area contributed by atoms with Gasteiger partial charge in [0.15, 0.2) is 11.6 Å². The Bertz CT molecular complexity index is 1320. The van der Waals surface area contributed by atoms with E-state index in [1.54, 1.807) is 4.90 Å². The molecule has 4 aliphatic rings. The summed E-state index contributed by atoms with van der Waals surface area (Å²) in [6.07, 6.45) is 5.43. The van der Waals surface area contributed by atoms with E-state index in [1.165, 1.54) is 6.07 Å². The van der Waals surface area contributed by atoms with Gasteiger partial charge in [-0.15, -0.1) is 5.10 Å². The van der Waals surface area contributed by atoms with E-state index in [9.17, 15) is 9.59 Å². The highest BCUT2D eigenvalue weighted by molar-refractivity contribution is 6.31. The molecule has 1 aromatic heterocycles. The minimum atomic E-state index is -0.713. The molecule has 4 heterocycles. The summed E-state index contributed by atoms with van der Waals surface area (Å²) in [5, 5.41) is 8.81. The number of rotatable bonds is 5. The van der Waals surface area contributed by atoms with Crippen molar-refractivity contribution in [3.05, 3.63) is 39.4 Å². The fraction of sp³-hybridized carbons (Fsp3) is 0.643. The molecular weight excluding hydrogens is 525 g/mol. The molecule has 6 rings (SSSR count). The lowest BCUT2D eigenvalue weighted by molar-refractivity contribution is -0.128. The Balaban J connectivity index is 1.37. The highest BCUT2D eigenvalue weighted by atomic mass is 35.5. The number of fused-ring (bicyclic) bond motifs is 2. The Morgan fingerprint density at radius 3 is 2.74 bits per heavy atom. The fourth-order valence-electron chi connectivity index (χ4n) is 6.18.